The third kappa shape index (κ3) is 2.80. The van der Waals surface area contributed by atoms with Crippen LogP contribution in [0.3, 0.4) is 0 Å². The summed E-state index contributed by atoms with van der Waals surface area (Å²) >= 11 is 1.01. The van der Waals surface area contributed by atoms with E-state index in [0.29, 0.717) is 11.0 Å². The Morgan fingerprint density at radius 1 is 1.05 bits per heavy atom. The second-order valence-electron chi connectivity index (χ2n) is 4.64. The first-order valence-electron chi connectivity index (χ1n) is 6.36. The minimum Gasteiger partial charge on any atom is -0.207 e. The van der Waals surface area contributed by atoms with Crippen molar-refractivity contribution in [2.24, 2.45) is 0 Å². The zero-order valence-corrected chi connectivity index (χ0v) is 12.9. The summed E-state index contributed by atoms with van der Waals surface area (Å²) in [6.45, 7) is 1.81. The van der Waals surface area contributed by atoms with Crippen molar-refractivity contribution in [3.05, 3.63) is 54.1 Å². The molecule has 3 rings (SSSR count). The van der Waals surface area contributed by atoms with Gasteiger partial charge in [-0.25, -0.2) is 13.1 Å². The lowest BCUT2D eigenvalue weighted by Gasteiger charge is -2.14. The molecule has 0 aliphatic rings. The minimum atomic E-state index is -3.65. The second-order valence-corrected chi connectivity index (χ2v) is 6.85. The third-order valence-corrected chi connectivity index (χ3v) is 5.28. The van der Waals surface area contributed by atoms with Gasteiger partial charge in [-0.3, -0.25) is 0 Å². The SMILES string of the molecule is C[C@@H](NS(=O)(=O)c1cccc2nsnc12)c1ccccc1. The van der Waals surface area contributed by atoms with E-state index < -0.39 is 10.0 Å². The number of fused-ring (bicyclic) bond motifs is 1. The summed E-state index contributed by atoms with van der Waals surface area (Å²) in [4.78, 5) is 0.163. The molecule has 3 aromatic rings. The van der Waals surface area contributed by atoms with Gasteiger partial charge < -0.3 is 0 Å². The number of hydrogen-bond acceptors (Lipinski definition) is 5. The highest BCUT2D eigenvalue weighted by Gasteiger charge is 2.22. The van der Waals surface area contributed by atoms with Crippen LogP contribution in [0, 0.1) is 0 Å². The van der Waals surface area contributed by atoms with Crippen LogP contribution < -0.4 is 4.72 Å². The maximum absolute atomic E-state index is 12.6. The second kappa shape index (κ2) is 5.51. The van der Waals surface area contributed by atoms with Gasteiger partial charge >= 0.3 is 0 Å². The molecule has 1 heterocycles. The van der Waals surface area contributed by atoms with Crippen molar-refractivity contribution < 1.29 is 8.42 Å². The van der Waals surface area contributed by atoms with Crippen molar-refractivity contribution in [3.63, 3.8) is 0 Å². The minimum absolute atomic E-state index is 0.163. The van der Waals surface area contributed by atoms with E-state index in [9.17, 15) is 8.42 Å². The highest BCUT2D eigenvalue weighted by atomic mass is 32.2. The Labute approximate surface area is 127 Å². The maximum Gasteiger partial charge on any atom is 0.243 e. The zero-order valence-electron chi connectivity index (χ0n) is 11.2. The van der Waals surface area contributed by atoms with Gasteiger partial charge in [-0.05, 0) is 24.6 Å². The molecule has 21 heavy (non-hydrogen) atoms. The van der Waals surface area contributed by atoms with E-state index in [-0.39, 0.29) is 10.9 Å². The number of nitrogens with one attached hydrogen (secondary N) is 1. The molecule has 0 aliphatic carbocycles. The van der Waals surface area contributed by atoms with E-state index in [1.807, 2.05) is 37.3 Å². The summed E-state index contributed by atoms with van der Waals surface area (Å²) in [5.74, 6) is 0. The van der Waals surface area contributed by atoms with Crippen LogP contribution in [-0.2, 0) is 10.0 Å². The monoisotopic (exact) mass is 319 g/mol. The lowest BCUT2D eigenvalue weighted by Crippen LogP contribution is -2.27. The molecule has 0 saturated carbocycles. The Morgan fingerprint density at radius 2 is 1.81 bits per heavy atom. The Bertz CT molecular complexity index is 860. The van der Waals surface area contributed by atoms with E-state index in [2.05, 4.69) is 13.5 Å². The molecule has 7 heteroatoms. The van der Waals surface area contributed by atoms with Crippen molar-refractivity contribution >= 4 is 32.8 Å². The molecule has 0 amide bonds. The largest absolute Gasteiger partial charge is 0.243 e. The average Bonchev–Trinajstić information content (AvgIpc) is 2.95. The molecule has 108 valence electrons. The highest BCUT2D eigenvalue weighted by molar-refractivity contribution is 7.89. The third-order valence-electron chi connectivity index (χ3n) is 3.17. The van der Waals surface area contributed by atoms with E-state index in [1.54, 1.807) is 18.2 Å². The van der Waals surface area contributed by atoms with Gasteiger partial charge in [0.1, 0.15) is 15.9 Å². The van der Waals surface area contributed by atoms with Crippen LogP contribution in [-0.4, -0.2) is 17.2 Å². The van der Waals surface area contributed by atoms with Gasteiger partial charge in [0.25, 0.3) is 0 Å². The first kappa shape index (κ1) is 14.1. The standard InChI is InChI=1S/C14H13N3O2S2/c1-10(11-6-3-2-4-7-11)17-21(18,19)13-9-5-8-12-14(13)16-20-15-12/h2-10,17H,1H3/t10-/m1/s1. The van der Waals surface area contributed by atoms with Crippen molar-refractivity contribution in [2.45, 2.75) is 17.9 Å². The van der Waals surface area contributed by atoms with Crippen LogP contribution >= 0.6 is 11.7 Å². The number of nitrogens with zero attached hydrogens (tertiary/aromatic N) is 2. The van der Waals surface area contributed by atoms with Gasteiger partial charge in [0.2, 0.25) is 10.0 Å². The van der Waals surface area contributed by atoms with E-state index in [1.165, 1.54) is 0 Å². The molecule has 2 aromatic carbocycles. The first-order chi connectivity index (χ1) is 10.1. The fourth-order valence-electron chi connectivity index (χ4n) is 2.10. The number of benzene rings is 2. The number of hydrogen-bond donors (Lipinski definition) is 1. The number of sulfonamides is 1. The van der Waals surface area contributed by atoms with Crippen LogP contribution in [0.4, 0.5) is 0 Å². The molecule has 0 unspecified atom stereocenters. The molecule has 5 nitrogen and oxygen atoms in total. The summed E-state index contributed by atoms with van der Waals surface area (Å²) in [6, 6.07) is 14.1. The maximum atomic E-state index is 12.6. The Morgan fingerprint density at radius 3 is 2.57 bits per heavy atom. The molecule has 0 saturated heterocycles. The van der Waals surface area contributed by atoms with Gasteiger partial charge in [-0.15, -0.1) is 0 Å². The quantitative estimate of drug-likeness (QED) is 0.802. The van der Waals surface area contributed by atoms with Crippen LogP contribution in [0.1, 0.15) is 18.5 Å². The molecule has 0 spiro atoms. The normalized spacial score (nSPS) is 13.4. The topological polar surface area (TPSA) is 72.0 Å². The van der Waals surface area contributed by atoms with Crippen molar-refractivity contribution in [1.82, 2.24) is 13.5 Å². The molecule has 1 aromatic heterocycles. The highest BCUT2D eigenvalue weighted by Crippen LogP contribution is 2.23. The zero-order chi connectivity index (χ0) is 14.9. The lowest BCUT2D eigenvalue weighted by molar-refractivity contribution is 0.567. The van der Waals surface area contributed by atoms with Gasteiger partial charge in [0, 0.05) is 6.04 Å². The summed E-state index contributed by atoms with van der Waals surface area (Å²) in [5.41, 5.74) is 1.91. The molecule has 1 N–H and O–H groups in total. The molecule has 0 fully saturated rings. The molecule has 0 aliphatic heterocycles. The van der Waals surface area contributed by atoms with Gasteiger partial charge in [0.05, 0.1) is 11.7 Å². The van der Waals surface area contributed by atoms with E-state index in [0.717, 1.165) is 17.3 Å². The van der Waals surface area contributed by atoms with Gasteiger partial charge in [0.15, 0.2) is 0 Å². The van der Waals surface area contributed by atoms with Crippen molar-refractivity contribution in [3.8, 4) is 0 Å². The van der Waals surface area contributed by atoms with E-state index >= 15 is 0 Å². The van der Waals surface area contributed by atoms with Gasteiger partial charge in [-0.1, -0.05) is 36.4 Å². The first-order valence-corrected chi connectivity index (χ1v) is 8.58. The number of aromatic nitrogens is 2. The Kier molecular flexibility index (Phi) is 3.71. The smallest absolute Gasteiger partial charge is 0.207 e. The summed E-state index contributed by atoms with van der Waals surface area (Å²) in [6.07, 6.45) is 0. The van der Waals surface area contributed by atoms with Gasteiger partial charge in [-0.2, -0.15) is 8.75 Å². The van der Waals surface area contributed by atoms with E-state index in [4.69, 9.17) is 0 Å². The summed E-state index contributed by atoms with van der Waals surface area (Å²) in [7, 11) is -3.65. The predicted octanol–water partition coefficient (Wildman–Crippen LogP) is 2.73. The average molecular weight is 319 g/mol. The predicted molar refractivity (Wildman–Crippen MR) is 82.6 cm³/mol. The Hall–Kier alpha value is -1.83. The Balaban J connectivity index is 1.96. The molecule has 0 bridgehead atoms. The molecule has 1 atom stereocenters. The van der Waals surface area contributed by atoms with Crippen LogP contribution in [0.25, 0.3) is 11.0 Å². The van der Waals surface area contributed by atoms with Crippen molar-refractivity contribution in [2.75, 3.05) is 0 Å². The molecule has 0 radical (unpaired) electrons. The lowest BCUT2D eigenvalue weighted by atomic mass is 10.1. The summed E-state index contributed by atoms with van der Waals surface area (Å²) < 4.78 is 35.9. The van der Waals surface area contributed by atoms with Crippen LogP contribution in [0.15, 0.2) is 53.4 Å². The fourth-order valence-corrected chi connectivity index (χ4v) is 4.10. The summed E-state index contributed by atoms with van der Waals surface area (Å²) in [5, 5.41) is 0. The fraction of sp³-hybridized carbons (Fsp3) is 0.143. The molecular weight excluding hydrogens is 306 g/mol. The number of rotatable bonds is 4. The van der Waals surface area contributed by atoms with Crippen molar-refractivity contribution in [1.29, 1.82) is 0 Å². The molecular formula is C14H13N3O2S2. The van der Waals surface area contributed by atoms with Crippen LogP contribution in [0.2, 0.25) is 0 Å². The van der Waals surface area contributed by atoms with Crippen LogP contribution in [0.5, 0.6) is 0 Å².